The zero-order valence-electron chi connectivity index (χ0n) is 8.84. The van der Waals surface area contributed by atoms with Gasteiger partial charge >= 0.3 is 0 Å². The second kappa shape index (κ2) is 4.45. The largest absolute Gasteiger partial charge is 0.454 e. The molecule has 2 rings (SSSR count). The van der Waals surface area contributed by atoms with Crippen LogP contribution in [0.25, 0.3) is 0 Å². The average Bonchev–Trinajstić information content (AvgIpc) is 2.33. The summed E-state index contributed by atoms with van der Waals surface area (Å²) >= 11 is 0. The van der Waals surface area contributed by atoms with Crippen molar-refractivity contribution in [2.24, 2.45) is 0 Å². The van der Waals surface area contributed by atoms with Crippen LogP contribution in [0.5, 0.6) is 11.5 Å². The fourth-order valence-electron chi connectivity index (χ4n) is 1.29. The molecule has 1 heterocycles. The molecule has 0 atom stereocenters. The number of pyridine rings is 1. The smallest absolute Gasteiger partial charge is 0.145 e. The molecule has 2 aromatic rings. The molecule has 0 radical (unpaired) electrons. The predicted molar refractivity (Wildman–Crippen MR) is 60.2 cm³/mol. The van der Waals surface area contributed by atoms with Gasteiger partial charge in [-0.05, 0) is 31.2 Å². The minimum atomic E-state index is 0.517. The maximum absolute atomic E-state index is 8.89. The van der Waals surface area contributed by atoms with Gasteiger partial charge in [-0.3, -0.25) is 4.98 Å². The quantitative estimate of drug-likeness (QED) is 0.765. The highest BCUT2D eigenvalue weighted by Gasteiger charge is 2.03. The van der Waals surface area contributed by atoms with Gasteiger partial charge in [0.2, 0.25) is 0 Å². The van der Waals surface area contributed by atoms with Gasteiger partial charge in [0.15, 0.2) is 0 Å². The molecule has 16 heavy (non-hydrogen) atoms. The first kappa shape index (κ1) is 10.2. The van der Waals surface area contributed by atoms with Crippen LogP contribution in [0.15, 0.2) is 42.6 Å². The first-order valence-electron chi connectivity index (χ1n) is 4.89. The SMILES string of the molecule is Cc1ccc(Oc2ccccc2C#N)cn1. The van der Waals surface area contributed by atoms with Crippen LogP contribution in [0.1, 0.15) is 11.3 Å². The molecular weight excluding hydrogens is 200 g/mol. The number of ether oxygens (including phenoxy) is 1. The number of nitriles is 1. The molecule has 0 saturated carbocycles. The first-order chi connectivity index (χ1) is 7.79. The molecule has 0 spiro atoms. The molecule has 78 valence electrons. The molecule has 0 aliphatic heterocycles. The van der Waals surface area contributed by atoms with Gasteiger partial charge in [-0.25, -0.2) is 0 Å². The third-order valence-electron chi connectivity index (χ3n) is 2.12. The number of para-hydroxylation sites is 1. The number of hydrogen-bond acceptors (Lipinski definition) is 3. The lowest BCUT2D eigenvalue weighted by molar-refractivity contribution is 0.478. The summed E-state index contributed by atoms with van der Waals surface area (Å²) in [5.74, 6) is 1.18. The second-order valence-electron chi connectivity index (χ2n) is 3.35. The summed E-state index contributed by atoms with van der Waals surface area (Å²) in [6.07, 6.45) is 1.64. The van der Waals surface area contributed by atoms with E-state index in [1.807, 2.05) is 25.1 Å². The van der Waals surface area contributed by atoms with Crippen molar-refractivity contribution in [2.75, 3.05) is 0 Å². The van der Waals surface area contributed by atoms with Crippen molar-refractivity contribution < 1.29 is 4.74 Å². The Bertz CT molecular complexity index is 526. The molecule has 0 aliphatic carbocycles. The molecule has 3 heteroatoms. The maximum Gasteiger partial charge on any atom is 0.145 e. The first-order valence-corrected chi connectivity index (χ1v) is 4.89. The van der Waals surface area contributed by atoms with Crippen molar-refractivity contribution in [2.45, 2.75) is 6.92 Å². The van der Waals surface area contributed by atoms with Crippen LogP contribution < -0.4 is 4.74 Å². The van der Waals surface area contributed by atoms with Crippen LogP contribution in [0.2, 0.25) is 0 Å². The minimum Gasteiger partial charge on any atom is -0.454 e. The standard InChI is InChI=1S/C13H10N2O/c1-10-6-7-12(9-15-10)16-13-5-3-2-4-11(13)8-14/h2-7,9H,1H3. The number of hydrogen-bond donors (Lipinski definition) is 0. The van der Waals surface area contributed by atoms with Gasteiger partial charge in [-0.1, -0.05) is 12.1 Å². The Labute approximate surface area is 93.9 Å². The zero-order valence-corrected chi connectivity index (χ0v) is 8.84. The molecule has 0 bridgehead atoms. The predicted octanol–water partition coefficient (Wildman–Crippen LogP) is 3.05. The van der Waals surface area contributed by atoms with E-state index in [0.29, 0.717) is 17.1 Å². The number of rotatable bonds is 2. The van der Waals surface area contributed by atoms with E-state index in [1.165, 1.54) is 0 Å². The van der Waals surface area contributed by atoms with E-state index in [4.69, 9.17) is 10.00 Å². The van der Waals surface area contributed by atoms with Gasteiger partial charge in [0.05, 0.1) is 11.8 Å². The topological polar surface area (TPSA) is 45.9 Å². The number of aromatic nitrogens is 1. The molecule has 0 aliphatic rings. The van der Waals surface area contributed by atoms with Crippen molar-refractivity contribution in [1.82, 2.24) is 4.98 Å². The highest BCUT2D eigenvalue weighted by molar-refractivity contribution is 5.44. The normalized spacial score (nSPS) is 9.50. The highest BCUT2D eigenvalue weighted by atomic mass is 16.5. The van der Waals surface area contributed by atoms with E-state index < -0.39 is 0 Å². The third-order valence-corrected chi connectivity index (χ3v) is 2.12. The zero-order chi connectivity index (χ0) is 11.4. The summed E-state index contributed by atoms with van der Waals surface area (Å²) in [7, 11) is 0. The molecule has 0 saturated heterocycles. The van der Waals surface area contributed by atoms with Crippen molar-refractivity contribution >= 4 is 0 Å². The number of benzene rings is 1. The molecular formula is C13H10N2O. The molecule has 0 amide bonds. The van der Waals surface area contributed by atoms with E-state index in [9.17, 15) is 0 Å². The van der Waals surface area contributed by atoms with Crippen LogP contribution in [0, 0.1) is 18.3 Å². The van der Waals surface area contributed by atoms with Crippen LogP contribution in [0.3, 0.4) is 0 Å². The van der Waals surface area contributed by atoms with Crippen LogP contribution >= 0.6 is 0 Å². The van der Waals surface area contributed by atoms with E-state index >= 15 is 0 Å². The van der Waals surface area contributed by atoms with Crippen molar-refractivity contribution in [1.29, 1.82) is 5.26 Å². The van der Waals surface area contributed by atoms with Crippen LogP contribution in [-0.4, -0.2) is 4.98 Å². The molecule has 0 N–H and O–H groups in total. The van der Waals surface area contributed by atoms with Crippen molar-refractivity contribution in [3.8, 4) is 17.6 Å². The highest BCUT2D eigenvalue weighted by Crippen LogP contribution is 2.23. The lowest BCUT2D eigenvalue weighted by atomic mass is 10.2. The van der Waals surface area contributed by atoms with Crippen LogP contribution in [-0.2, 0) is 0 Å². The van der Waals surface area contributed by atoms with Gasteiger partial charge in [0.1, 0.15) is 17.6 Å². The van der Waals surface area contributed by atoms with Crippen molar-refractivity contribution in [3.05, 3.63) is 53.9 Å². The van der Waals surface area contributed by atoms with Crippen molar-refractivity contribution in [3.63, 3.8) is 0 Å². The Morgan fingerprint density at radius 3 is 2.69 bits per heavy atom. The lowest BCUT2D eigenvalue weighted by Crippen LogP contribution is -1.89. The second-order valence-corrected chi connectivity index (χ2v) is 3.35. The van der Waals surface area contributed by atoms with Gasteiger partial charge in [0, 0.05) is 5.69 Å². The Morgan fingerprint density at radius 1 is 1.19 bits per heavy atom. The summed E-state index contributed by atoms with van der Waals surface area (Å²) in [6.45, 7) is 1.91. The summed E-state index contributed by atoms with van der Waals surface area (Å²) in [6, 6.07) is 12.9. The van der Waals surface area contributed by atoms with Gasteiger partial charge in [-0.2, -0.15) is 5.26 Å². The monoisotopic (exact) mass is 210 g/mol. The maximum atomic E-state index is 8.89. The van der Waals surface area contributed by atoms with Gasteiger partial charge in [0.25, 0.3) is 0 Å². The van der Waals surface area contributed by atoms with E-state index in [-0.39, 0.29) is 0 Å². The Morgan fingerprint density at radius 2 is 2.00 bits per heavy atom. The number of nitrogens with zero attached hydrogens (tertiary/aromatic N) is 2. The van der Waals surface area contributed by atoms with Gasteiger partial charge in [-0.15, -0.1) is 0 Å². The molecule has 1 aromatic heterocycles. The third kappa shape index (κ3) is 2.18. The summed E-state index contributed by atoms with van der Waals surface area (Å²) in [5.41, 5.74) is 1.45. The fraction of sp³-hybridized carbons (Fsp3) is 0.0769. The van der Waals surface area contributed by atoms with Crippen LogP contribution in [0.4, 0.5) is 0 Å². The molecule has 3 nitrogen and oxygen atoms in total. The Hall–Kier alpha value is -2.34. The molecule has 0 fully saturated rings. The van der Waals surface area contributed by atoms with E-state index in [0.717, 1.165) is 5.69 Å². The fourth-order valence-corrected chi connectivity index (χ4v) is 1.29. The summed E-state index contributed by atoms with van der Waals surface area (Å²) < 4.78 is 5.57. The van der Waals surface area contributed by atoms with Gasteiger partial charge < -0.3 is 4.74 Å². The van der Waals surface area contributed by atoms with E-state index in [1.54, 1.807) is 24.4 Å². The Kier molecular flexibility index (Phi) is 2.84. The Balaban J connectivity index is 2.27. The summed E-state index contributed by atoms with van der Waals surface area (Å²) in [4.78, 5) is 4.12. The lowest BCUT2D eigenvalue weighted by Gasteiger charge is -2.06. The summed E-state index contributed by atoms with van der Waals surface area (Å²) in [5, 5.41) is 8.89. The number of aryl methyl sites for hydroxylation is 1. The average molecular weight is 210 g/mol. The molecule has 0 unspecified atom stereocenters. The van der Waals surface area contributed by atoms with E-state index in [2.05, 4.69) is 11.1 Å². The minimum absolute atomic E-state index is 0.517. The molecule has 1 aromatic carbocycles.